The zero-order valence-electron chi connectivity index (χ0n) is 7.43. The van der Waals surface area contributed by atoms with Crippen LogP contribution in [-0.2, 0) is 0 Å². The molecule has 1 heterocycles. The van der Waals surface area contributed by atoms with E-state index in [2.05, 4.69) is 9.72 Å². The number of hydrogen-bond acceptors (Lipinski definition) is 3. The second kappa shape index (κ2) is 4.72. The largest absolute Gasteiger partial charge is 0.481 e. The fourth-order valence-electron chi connectivity index (χ4n) is 0.967. The van der Waals surface area contributed by atoms with E-state index in [1.54, 1.807) is 0 Å². The van der Waals surface area contributed by atoms with Crippen molar-refractivity contribution in [2.75, 3.05) is 7.11 Å². The normalized spacial score (nSPS) is 10.5. The molecule has 0 bridgehead atoms. The van der Waals surface area contributed by atoms with Crippen molar-refractivity contribution in [2.24, 2.45) is 0 Å². The van der Waals surface area contributed by atoms with Gasteiger partial charge in [-0.15, -0.1) is 0 Å². The molecular weight excluding hydrogens is 251 g/mol. The maximum absolute atomic E-state index is 12.5. The number of rotatable bonds is 3. The number of hydrogen-bond donors (Lipinski definition) is 0. The number of carbonyl (C=O) groups excluding carboxylic acids is 1. The monoisotopic (exact) mass is 255 g/mol. The Kier molecular flexibility index (Phi) is 3.82. The first-order valence-electron chi connectivity index (χ1n) is 3.69. The Hall–Kier alpha value is -0.940. The molecule has 3 nitrogen and oxygen atoms in total. The van der Waals surface area contributed by atoms with Crippen molar-refractivity contribution in [3.8, 4) is 5.88 Å². The molecule has 0 unspecified atom stereocenters. The molecule has 0 amide bonds. The summed E-state index contributed by atoms with van der Waals surface area (Å²) in [4.78, 5) is 14.3. The lowest BCUT2D eigenvalue weighted by atomic mass is 10.2. The highest BCUT2D eigenvalue weighted by atomic mass is 35.5. The van der Waals surface area contributed by atoms with Gasteiger partial charge in [0.15, 0.2) is 0 Å². The number of nitrogens with zero attached hydrogens (tertiary/aromatic N) is 1. The zero-order chi connectivity index (χ0) is 11.6. The molecule has 82 valence electrons. The maximum atomic E-state index is 12.5. The Bertz CT molecular complexity index is 398. The minimum atomic E-state index is -2.95. The van der Waals surface area contributed by atoms with Gasteiger partial charge in [0.25, 0.3) is 11.7 Å². The summed E-state index contributed by atoms with van der Waals surface area (Å²) in [5.74, 6) is -0.100. The van der Waals surface area contributed by atoms with E-state index in [-0.39, 0.29) is 10.9 Å². The summed E-state index contributed by atoms with van der Waals surface area (Å²) in [5, 5.41) is -1.29. The van der Waals surface area contributed by atoms with E-state index in [0.717, 1.165) is 6.07 Å². The summed E-state index contributed by atoms with van der Waals surface area (Å²) in [6.45, 7) is 0. The predicted molar refractivity (Wildman–Crippen MR) is 50.9 cm³/mol. The Morgan fingerprint density at radius 2 is 2.20 bits per heavy atom. The Morgan fingerprint density at radius 3 is 2.60 bits per heavy atom. The molecule has 7 heteroatoms. The van der Waals surface area contributed by atoms with Crippen LogP contribution in [0.5, 0.6) is 5.88 Å². The number of pyridine rings is 1. The van der Waals surface area contributed by atoms with E-state index in [9.17, 15) is 13.6 Å². The summed E-state index contributed by atoms with van der Waals surface area (Å²) < 4.78 is 29.6. The Labute approximate surface area is 94.0 Å². The fourth-order valence-corrected chi connectivity index (χ4v) is 1.49. The number of ether oxygens (including phenoxy) is 1. The molecule has 1 rings (SSSR count). The summed E-state index contributed by atoms with van der Waals surface area (Å²) in [6.07, 6.45) is -2.95. The maximum Gasteiger partial charge on any atom is 0.281 e. The van der Waals surface area contributed by atoms with Gasteiger partial charge >= 0.3 is 0 Å². The van der Waals surface area contributed by atoms with E-state index in [1.165, 1.54) is 7.11 Å². The van der Waals surface area contributed by atoms with Crippen molar-refractivity contribution in [3.05, 3.63) is 22.3 Å². The lowest BCUT2D eigenvalue weighted by Gasteiger charge is -2.08. The molecule has 1 aromatic heterocycles. The lowest BCUT2D eigenvalue weighted by Crippen LogP contribution is -2.04. The molecule has 1 aromatic rings. The second-order valence-corrected chi connectivity index (χ2v) is 3.23. The SMILES string of the molecule is COc1cc(Cl)c(C(=O)Cl)c(C(F)F)n1. The average molecular weight is 256 g/mol. The minimum Gasteiger partial charge on any atom is -0.481 e. The van der Waals surface area contributed by atoms with Gasteiger partial charge < -0.3 is 4.74 Å². The third-order valence-corrected chi connectivity index (χ3v) is 2.08. The van der Waals surface area contributed by atoms with E-state index in [4.69, 9.17) is 23.2 Å². The van der Waals surface area contributed by atoms with Crippen LogP contribution in [0.25, 0.3) is 0 Å². The van der Waals surface area contributed by atoms with Crippen LogP contribution in [0.15, 0.2) is 6.07 Å². The first-order valence-corrected chi connectivity index (χ1v) is 4.45. The molecule has 0 aromatic carbocycles. The van der Waals surface area contributed by atoms with Gasteiger partial charge in [0, 0.05) is 6.07 Å². The molecule has 0 spiro atoms. The smallest absolute Gasteiger partial charge is 0.281 e. The summed E-state index contributed by atoms with van der Waals surface area (Å²) in [7, 11) is 1.25. The molecule has 0 saturated heterocycles. The van der Waals surface area contributed by atoms with Crippen LogP contribution in [0.4, 0.5) is 8.78 Å². The predicted octanol–water partition coefficient (Wildman–Crippen LogP) is 3.06. The molecule has 0 fully saturated rings. The highest BCUT2D eigenvalue weighted by Gasteiger charge is 2.23. The molecule has 0 aliphatic heterocycles. The molecule has 0 radical (unpaired) electrons. The number of halogens is 4. The minimum absolute atomic E-state index is 0.100. The van der Waals surface area contributed by atoms with E-state index in [1.807, 2.05) is 0 Å². The highest BCUT2D eigenvalue weighted by Crippen LogP contribution is 2.30. The summed E-state index contributed by atoms with van der Waals surface area (Å²) in [6, 6.07) is 1.14. The quantitative estimate of drug-likeness (QED) is 0.780. The number of aromatic nitrogens is 1. The molecule has 0 atom stereocenters. The summed E-state index contributed by atoms with van der Waals surface area (Å²) >= 11 is 10.7. The molecular formula is C8H5Cl2F2NO2. The van der Waals surface area contributed by atoms with Crippen molar-refractivity contribution < 1.29 is 18.3 Å². The van der Waals surface area contributed by atoms with Gasteiger partial charge in [-0.25, -0.2) is 13.8 Å². The topological polar surface area (TPSA) is 39.2 Å². The Balaban J connectivity index is 3.42. The van der Waals surface area contributed by atoms with Gasteiger partial charge in [-0.1, -0.05) is 11.6 Å². The number of carbonyl (C=O) groups is 1. The molecule has 15 heavy (non-hydrogen) atoms. The lowest BCUT2D eigenvalue weighted by molar-refractivity contribution is 0.106. The first kappa shape index (κ1) is 12.1. The van der Waals surface area contributed by atoms with E-state index >= 15 is 0 Å². The van der Waals surface area contributed by atoms with Crippen LogP contribution in [0.1, 0.15) is 22.5 Å². The zero-order valence-corrected chi connectivity index (χ0v) is 8.94. The number of alkyl halides is 2. The molecule has 0 N–H and O–H groups in total. The van der Waals surface area contributed by atoms with Crippen LogP contribution in [-0.4, -0.2) is 17.3 Å². The van der Waals surface area contributed by atoms with Gasteiger partial charge in [0.1, 0.15) is 5.69 Å². The third kappa shape index (κ3) is 2.54. The van der Waals surface area contributed by atoms with Gasteiger partial charge in [0.05, 0.1) is 17.7 Å². The average Bonchev–Trinajstić information content (AvgIpc) is 2.15. The Morgan fingerprint density at radius 1 is 1.60 bits per heavy atom. The van der Waals surface area contributed by atoms with Gasteiger partial charge in [-0.2, -0.15) is 0 Å². The van der Waals surface area contributed by atoms with Crippen molar-refractivity contribution in [3.63, 3.8) is 0 Å². The van der Waals surface area contributed by atoms with Crippen LogP contribution in [0, 0.1) is 0 Å². The van der Waals surface area contributed by atoms with Crippen LogP contribution in [0.3, 0.4) is 0 Å². The van der Waals surface area contributed by atoms with Crippen molar-refractivity contribution in [2.45, 2.75) is 6.43 Å². The van der Waals surface area contributed by atoms with Crippen LogP contribution in [0.2, 0.25) is 5.02 Å². The molecule has 0 aliphatic carbocycles. The number of methoxy groups -OCH3 is 1. The van der Waals surface area contributed by atoms with Crippen molar-refractivity contribution in [1.82, 2.24) is 4.98 Å². The summed E-state index contributed by atoms with van der Waals surface area (Å²) in [5.41, 5.74) is -1.27. The van der Waals surface area contributed by atoms with Crippen LogP contribution < -0.4 is 4.74 Å². The fraction of sp³-hybridized carbons (Fsp3) is 0.250. The van der Waals surface area contributed by atoms with Gasteiger partial charge in [-0.05, 0) is 11.6 Å². The van der Waals surface area contributed by atoms with Crippen molar-refractivity contribution >= 4 is 28.4 Å². The van der Waals surface area contributed by atoms with E-state index in [0.29, 0.717) is 0 Å². The standard InChI is InChI=1S/C8H5Cl2F2NO2/c1-15-4-2-3(9)5(7(10)14)6(13-4)8(11)12/h2,8H,1H3. The van der Waals surface area contributed by atoms with E-state index < -0.39 is 22.9 Å². The second-order valence-electron chi connectivity index (χ2n) is 2.48. The van der Waals surface area contributed by atoms with Crippen LogP contribution >= 0.6 is 23.2 Å². The highest BCUT2D eigenvalue weighted by molar-refractivity contribution is 6.69. The van der Waals surface area contributed by atoms with Gasteiger partial charge in [-0.3, -0.25) is 4.79 Å². The third-order valence-electron chi connectivity index (χ3n) is 1.59. The first-order chi connectivity index (χ1) is 6.97. The molecule has 0 aliphatic rings. The van der Waals surface area contributed by atoms with Gasteiger partial charge in [0.2, 0.25) is 5.88 Å². The molecule has 0 saturated carbocycles. The van der Waals surface area contributed by atoms with Crippen molar-refractivity contribution in [1.29, 1.82) is 0 Å².